The molecular weight excluding hydrogens is 407 g/mol. The summed E-state index contributed by atoms with van der Waals surface area (Å²) >= 11 is 6.20. The van der Waals surface area contributed by atoms with E-state index < -0.39 is 23.9 Å². The number of carbonyl (C=O) groups excluding carboxylic acids is 1. The highest BCUT2D eigenvalue weighted by atomic mass is 35.5. The van der Waals surface area contributed by atoms with Crippen molar-refractivity contribution in [1.82, 2.24) is 4.90 Å². The van der Waals surface area contributed by atoms with Crippen LogP contribution in [0.4, 0.5) is 14.9 Å². The molecule has 7 heteroatoms. The van der Waals surface area contributed by atoms with Gasteiger partial charge in [0.2, 0.25) is 5.91 Å². The minimum atomic E-state index is -1.12. The Kier molecular flexibility index (Phi) is 4.81. The summed E-state index contributed by atoms with van der Waals surface area (Å²) in [6.07, 6.45) is 0.0719. The quantitative estimate of drug-likeness (QED) is 0.661. The molecule has 2 fully saturated rings. The van der Waals surface area contributed by atoms with Crippen LogP contribution < -0.4 is 5.32 Å². The number of carboxylic acid groups (broad SMARTS) is 1. The Hall–Kier alpha value is -2.60. The Morgan fingerprint density at radius 3 is 2.43 bits per heavy atom. The van der Waals surface area contributed by atoms with Gasteiger partial charge in [0, 0.05) is 27.6 Å². The second-order valence-electron chi connectivity index (χ2n) is 9.17. The molecule has 0 aromatic heterocycles. The van der Waals surface area contributed by atoms with Crippen molar-refractivity contribution >= 4 is 29.3 Å². The summed E-state index contributed by atoms with van der Waals surface area (Å²) in [4.78, 5) is 26.1. The van der Waals surface area contributed by atoms with Crippen molar-refractivity contribution in [2.45, 2.75) is 45.7 Å². The molecule has 1 saturated carbocycles. The zero-order valence-corrected chi connectivity index (χ0v) is 17.8. The number of rotatable bonds is 3. The third-order valence-corrected chi connectivity index (χ3v) is 7.03. The number of anilines is 1. The van der Waals surface area contributed by atoms with Gasteiger partial charge in [-0.2, -0.15) is 0 Å². The van der Waals surface area contributed by atoms with Crippen LogP contribution in [0.25, 0.3) is 11.1 Å². The summed E-state index contributed by atoms with van der Waals surface area (Å²) in [6.45, 7) is 6.21. The molecule has 2 amide bonds. The average Bonchev–Trinajstić information content (AvgIpc) is 3.29. The first-order valence-electron chi connectivity index (χ1n) is 9.92. The number of nitrogens with one attached hydrogen (secondary N) is 1. The highest BCUT2D eigenvalue weighted by Crippen LogP contribution is 2.68. The van der Waals surface area contributed by atoms with Gasteiger partial charge in [0.15, 0.2) is 5.82 Å². The molecule has 1 unspecified atom stereocenters. The van der Waals surface area contributed by atoms with Crippen LogP contribution in [0.3, 0.4) is 0 Å². The second-order valence-corrected chi connectivity index (χ2v) is 9.58. The fourth-order valence-corrected chi connectivity index (χ4v) is 5.10. The van der Waals surface area contributed by atoms with Gasteiger partial charge < -0.3 is 10.4 Å². The summed E-state index contributed by atoms with van der Waals surface area (Å²) in [5.74, 6) is -1.11. The van der Waals surface area contributed by atoms with E-state index in [1.807, 2.05) is 0 Å². The zero-order chi connectivity index (χ0) is 21.8. The standard InChI is InChI=1S/C23H24ClFN2O3/c1-22(2,3)23-11-17(27(21(29)30)18(23)12-23)20(28)26-16-10-6-8-14(19(16)25)13-7-4-5-9-15(13)24/h4-10,17-18H,11-12H2,1-3H3,(H,26,28)(H,29,30)/t17-,18+,23?/m0/s1. The SMILES string of the molecule is CC(C)(C)C12C[C@@H](C(=O)Nc3cccc(-c4ccccc4Cl)c3F)N(C(=O)O)[C@@H]1C2. The number of benzene rings is 2. The number of fused-ring (bicyclic) bond motifs is 1. The van der Waals surface area contributed by atoms with Gasteiger partial charge in [-0.1, -0.05) is 62.7 Å². The lowest BCUT2D eigenvalue weighted by molar-refractivity contribution is -0.120. The molecule has 1 aliphatic carbocycles. The summed E-state index contributed by atoms with van der Waals surface area (Å²) in [6, 6.07) is 10.6. The normalized spacial score (nSPS) is 25.0. The van der Waals surface area contributed by atoms with Gasteiger partial charge in [-0.05, 0) is 30.4 Å². The highest BCUT2D eigenvalue weighted by molar-refractivity contribution is 6.33. The zero-order valence-electron chi connectivity index (χ0n) is 17.1. The molecule has 30 heavy (non-hydrogen) atoms. The van der Waals surface area contributed by atoms with Crippen molar-refractivity contribution in [2.24, 2.45) is 10.8 Å². The van der Waals surface area contributed by atoms with Crippen LogP contribution >= 0.6 is 11.6 Å². The van der Waals surface area contributed by atoms with Gasteiger partial charge in [0.1, 0.15) is 6.04 Å². The molecule has 0 radical (unpaired) electrons. The van der Waals surface area contributed by atoms with E-state index in [-0.39, 0.29) is 28.1 Å². The summed E-state index contributed by atoms with van der Waals surface area (Å²) < 4.78 is 15.2. The average molecular weight is 431 g/mol. The summed E-state index contributed by atoms with van der Waals surface area (Å²) in [5, 5.41) is 12.7. The maximum atomic E-state index is 15.2. The van der Waals surface area contributed by atoms with Gasteiger partial charge in [0.05, 0.1) is 5.69 Å². The van der Waals surface area contributed by atoms with Gasteiger partial charge in [0.25, 0.3) is 0 Å². The van der Waals surface area contributed by atoms with Crippen molar-refractivity contribution in [1.29, 1.82) is 0 Å². The lowest BCUT2D eigenvalue weighted by Crippen LogP contribution is -2.44. The molecule has 1 saturated heterocycles. The Labute approximate surface area is 179 Å². The van der Waals surface area contributed by atoms with Crippen LogP contribution in [0.15, 0.2) is 42.5 Å². The van der Waals surface area contributed by atoms with E-state index >= 15 is 4.39 Å². The van der Waals surface area contributed by atoms with Crippen molar-refractivity contribution in [3.63, 3.8) is 0 Å². The Morgan fingerprint density at radius 1 is 1.13 bits per heavy atom. The van der Waals surface area contributed by atoms with Crippen LogP contribution in [0.5, 0.6) is 0 Å². The van der Waals surface area contributed by atoms with Crippen molar-refractivity contribution < 1.29 is 19.1 Å². The van der Waals surface area contributed by atoms with Gasteiger partial charge in [-0.25, -0.2) is 9.18 Å². The molecule has 0 bridgehead atoms. The molecule has 2 aliphatic rings. The number of amides is 2. The molecule has 3 atom stereocenters. The van der Waals surface area contributed by atoms with E-state index in [9.17, 15) is 14.7 Å². The number of carbonyl (C=O) groups is 2. The predicted octanol–water partition coefficient (Wildman–Crippen LogP) is 5.64. The van der Waals surface area contributed by atoms with Crippen LogP contribution in [-0.4, -0.2) is 34.1 Å². The predicted molar refractivity (Wildman–Crippen MR) is 114 cm³/mol. The molecular formula is C23H24ClFN2O3. The highest BCUT2D eigenvalue weighted by Gasteiger charge is 2.71. The largest absolute Gasteiger partial charge is 0.465 e. The van der Waals surface area contributed by atoms with Gasteiger partial charge in [-0.3, -0.25) is 9.69 Å². The molecule has 1 heterocycles. The van der Waals surface area contributed by atoms with E-state index in [0.29, 0.717) is 17.0 Å². The topological polar surface area (TPSA) is 69.6 Å². The molecule has 158 valence electrons. The smallest absolute Gasteiger partial charge is 0.408 e. The minimum Gasteiger partial charge on any atom is -0.465 e. The number of hydrogen-bond acceptors (Lipinski definition) is 2. The maximum Gasteiger partial charge on any atom is 0.408 e. The fraction of sp³-hybridized carbons (Fsp3) is 0.391. The van der Waals surface area contributed by atoms with E-state index in [4.69, 9.17) is 11.6 Å². The first kappa shape index (κ1) is 20.7. The lowest BCUT2D eigenvalue weighted by Gasteiger charge is -2.29. The van der Waals surface area contributed by atoms with E-state index in [2.05, 4.69) is 26.1 Å². The third-order valence-electron chi connectivity index (χ3n) is 6.70. The third kappa shape index (κ3) is 3.14. The summed E-state index contributed by atoms with van der Waals surface area (Å²) in [7, 11) is 0. The van der Waals surface area contributed by atoms with Crippen LogP contribution in [0.2, 0.25) is 5.02 Å². The van der Waals surface area contributed by atoms with Gasteiger partial charge >= 0.3 is 6.09 Å². The number of halogens is 2. The van der Waals surface area contributed by atoms with Crippen LogP contribution in [-0.2, 0) is 4.79 Å². The van der Waals surface area contributed by atoms with Crippen LogP contribution in [0.1, 0.15) is 33.6 Å². The fourth-order valence-electron chi connectivity index (χ4n) is 4.86. The monoisotopic (exact) mass is 430 g/mol. The first-order valence-corrected chi connectivity index (χ1v) is 10.3. The number of piperidine rings is 1. The van der Waals surface area contributed by atoms with Gasteiger partial charge in [-0.15, -0.1) is 0 Å². The first-order chi connectivity index (χ1) is 14.1. The van der Waals surface area contributed by atoms with E-state index in [1.54, 1.807) is 36.4 Å². The molecule has 2 N–H and O–H groups in total. The molecule has 2 aromatic rings. The van der Waals surface area contributed by atoms with Crippen molar-refractivity contribution in [3.8, 4) is 11.1 Å². The number of nitrogens with zero attached hydrogens (tertiary/aromatic N) is 1. The van der Waals surface area contributed by atoms with Crippen LogP contribution in [0, 0.1) is 16.6 Å². The molecule has 5 nitrogen and oxygen atoms in total. The van der Waals surface area contributed by atoms with Crippen molar-refractivity contribution in [2.75, 3.05) is 5.32 Å². The number of hydrogen-bond donors (Lipinski definition) is 2. The molecule has 1 aliphatic heterocycles. The number of likely N-dealkylation sites (tertiary alicyclic amines) is 1. The minimum absolute atomic E-state index is 0.00754. The van der Waals surface area contributed by atoms with E-state index in [1.165, 1.54) is 11.0 Å². The lowest BCUT2D eigenvalue weighted by atomic mass is 9.75. The van der Waals surface area contributed by atoms with E-state index in [0.717, 1.165) is 6.42 Å². The second kappa shape index (κ2) is 6.98. The Morgan fingerprint density at radius 2 is 1.80 bits per heavy atom. The molecule has 2 aromatic carbocycles. The summed E-state index contributed by atoms with van der Waals surface area (Å²) in [5.41, 5.74) is 0.455. The molecule has 0 spiro atoms. The Bertz CT molecular complexity index is 1040. The van der Waals surface area contributed by atoms with Crippen molar-refractivity contribution in [3.05, 3.63) is 53.3 Å². The Balaban J connectivity index is 1.61. The molecule has 4 rings (SSSR count). The maximum absolute atomic E-state index is 15.2.